The summed E-state index contributed by atoms with van der Waals surface area (Å²) in [5.41, 5.74) is 1.31. The molecule has 0 bridgehead atoms. The van der Waals surface area contributed by atoms with E-state index >= 15 is 0 Å². The lowest BCUT2D eigenvalue weighted by Crippen LogP contribution is -2.34. The lowest BCUT2D eigenvalue weighted by Gasteiger charge is -2.33. The summed E-state index contributed by atoms with van der Waals surface area (Å²) in [7, 11) is 0. The van der Waals surface area contributed by atoms with Crippen LogP contribution in [-0.4, -0.2) is 52.9 Å². The molecule has 2 aromatic heterocycles. The number of nitrogens with one attached hydrogen (secondary N) is 1. The molecule has 1 aliphatic rings. The zero-order valence-corrected chi connectivity index (χ0v) is 18.9. The molecule has 1 unspecified atom stereocenters. The molecule has 0 amide bonds. The van der Waals surface area contributed by atoms with Gasteiger partial charge in [-0.15, -0.1) is 11.3 Å². The van der Waals surface area contributed by atoms with Crippen LogP contribution in [0.1, 0.15) is 51.0 Å². The number of thiophene rings is 1. The van der Waals surface area contributed by atoms with Gasteiger partial charge in [-0.1, -0.05) is 32.5 Å². The highest BCUT2D eigenvalue weighted by molar-refractivity contribution is 7.98. The van der Waals surface area contributed by atoms with Crippen LogP contribution in [0.2, 0.25) is 0 Å². The van der Waals surface area contributed by atoms with Crippen molar-refractivity contribution in [2.75, 3.05) is 37.8 Å². The second-order valence-electron chi connectivity index (χ2n) is 7.32. The van der Waals surface area contributed by atoms with Crippen LogP contribution >= 0.6 is 23.1 Å². The van der Waals surface area contributed by atoms with Gasteiger partial charge in [-0.25, -0.2) is 9.97 Å². The van der Waals surface area contributed by atoms with Crippen molar-refractivity contribution in [2.45, 2.75) is 64.3 Å². The van der Waals surface area contributed by atoms with Crippen LogP contribution in [0.25, 0.3) is 10.2 Å². The molecule has 1 N–H and O–H groups in total. The molecule has 7 heteroatoms. The fourth-order valence-corrected chi connectivity index (χ4v) is 5.07. The second kappa shape index (κ2) is 9.07. The second-order valence-corrected chi connectivity index (χ2v) is 9.18. The predicted molar refractivity (Wildman–Crippen MR) is 117 cm³/mol. The Morgan fingerprint density at radius 2 is 2.04 bits per heavy atom. The van der Waals surface area contributed by atoms with E-state index in [0.717, 1.165) is 61.2 Å². The van der Waals surface area contributed by atoms with Crippen molar-refractivity contribution < 1.29 is 4.74 Å². The summed E-state index contributed by atoms with van der Waals surface area (Å²) in [6.07, 6.45) is 5.11. The minimum absolute atomic E-state index is 0.0841. The largest absolute Gasteiger partial charge is 0.369 e. The molecule has 0 fully saturated rings. The van der Waals surface area contributed by atoms with Crippen molar-refractivity contribution in [3.05, 3.63) is 10.4 Å². The molecule has 3 heterocycles. The Kier molecular flexibility index (Phi) is 7.00. The molecule has 27 heavy (non-hydrogen) atoms. The van der Waals surface area contributed by atoms with Gasteiger partial charge in [-0.2, -0.15) is 0 Å². The Balaban J connectivity index is 1.86. The number of hydrogen-bond donors (Lipinski definition) is 1. The molecule has 0 saturated heterocycles. The van der Waals surface area contributed by atoms with E-state index in [1.807, 2.05) is 6.26 Å². The van der Waals surface area contributed by atoms with Gasteiger partial charge >= 0.3 is 0 Å². The van der Waals surface area contributed by atoms with E-state index in [1.54, 1.807) is 23.1 Å². The quantitative estimate of drug-likeness (QED) is 0.365. The van der Waals surface area contributed by atoms with Crippen molar-refractivity contribution >= 4 is 39.1 Å². The van der Waals surface area contributed by atoms with Gasteiger partial charge in [0, 0.05) is 17.8 Å². The zero-order chi connectivity index (χ0) is 19.4. The molecule has 150 valence electrons. The third kappa shape index (κ3) is 4.58. The molecule has 1 aliphatic heterocycles. The Labute approximate surface area is 171 Å². The molecule has 0 spiro atoms. The molecule has 0 radical (unpaired) electrons. The van der Waals surface area contributed by atoms with E-state index in [4.69, 9.17) is 14.7 Å². The third-order valence-corrected chi connectivity index (χ3v) is 7.23. The Morgan fingerprint density at radius 1 is 1.26 bits per heavy atom. The van der Waals surface area contributed by atoms with Gasteiger partial charge in [-0.05, 0) is 51.2 Å². The highest BCUT2D eigenvalue weighted by Crippen LogP contribution is 2.42. The van der Waals surface area contributed by atoms with Crippen molar-refractivity contribution in [1.29, 1.82) is 0 Å². The van der Waals surface area contributed by atoms with E-state index in [9.17, 15) is 0 Å². The van der Waals surface area contributed by atoms with Gasteiger partial charge in [0.25, 0.3) is 0 Å². The first kappa shape index (κ1) is 20.8. The van der Waals surface area contributed by atoms with Crippen molar-refractivity contribution in [2.24, 2.45) is 0 Å². The minimum Gasteiger partial charge on any atom is -0.369 e. The summed E-state index contributed by atoms with van der Waals surface area (Å²) in [6.45, 7) is 13.8. The molecular weight excluding hydrogens is 376 g/mol. The van der Waals surface area contributed by atoms with E-state index in [0.29, 0.717) is 6.61 Å². The van der Waals surface area contributed by atoms with E-state index in [1.165, 1.54) is 15.8 Å². The van der Waals surface area contributed by atoms with Crippen molar-refractivity contribution in [1.82, 2.24) is 14.9 Å². The number of aromatic nitrogens is 2. The van der Waals surface area contributed by atoms with Crippen LogP contribution in [0.4, 0.5) is 5.82 Å². The molecule has 3 rings (SSSR count). The number of anilines is 1. The summed E-state index contributed by atoms with van der Waals surface area (Å²) in [5, 5.41) is 5.68. The number of thioether (sulfide) groups is 1. The zero-order valence-electron chi connectivity index (χ0n) is 17.2. The Hall–Kier alpha value is -0.890. The van der Waals surface area contributed by atoms with Gasteiger partial charge in [-0.3, -0.25) is 0 Å². The van der Waals surface area contributed by atoms with Gasteiger partial charge in [0.05, 0.1) is 17.6 Å². The molecular formula is C20H32N4OS2. The Morgan fingerprint density at radius 3 is 2.70 bits per heavy atom. The van der Waals surface area contributed by atoms with Crippen LogP contribution in [0, 0.1) is 0 Å². The lowest BCUT2D eigenvalue weighted by molar-refractivity contribution is -0.0542. The monoisotopic (exact) mass is 408 g/mol. The summed E-state index contributed by atoms with van der Waals surface area (Å²) >= 11 is 3.37. The van der Waals surface area contributed by atoms with Crippen LogP contribution in [0.3, 0.4) is 0 Å². The highest BCUT2D eigenvalue weighted by atomic mass is 32.2. The molecule has 0 saturated carbocycles. The number of hydrogen-bond acceptors (Lipinski definition) is 7. The maximum atomic E-state index is 6.15. The Bertz CT molecular complexity index is 775. The first-order chi connectivity index (χ1) is 13.0. The average molecular weight is 409 g/mol. The molecule has 5 nitrogen and oxygen atoms in total. The maximum Gasteiger partial charge on any atom is 0.190 e. The summed E-state index contributed by atoms with van der Waals surface area (Å²) in [6, 6.07) is 0. The molecule has 2 aromatic rings. The van der Waals surface area contributed by atoms with Crippen LogP contribution in [0.15, 0.2) is 5.16 Å². The molecule has 1 atom stereocenters. The van der Waals surface area contributed by atoms with Gasteiger partial charge in [0.2, 0.25) is 0 Å². The standard InChI is InChI=1S/C20H32N4OS2/c1-6-20(4)12-14-15(13-25-20)27-18-16(14)17(22-19(23-18)26-5)21-10-9-11-24(7-2)8-3/h6-13H2,1-5H3,(H,21,22,23). The van der Waals surface area contributed by atoms with Crippen LogP contribution in [0.5, 0.6) is 0 Å². The third-order valence-electron chi connectivity index (χ3n) is 5.58. The van der Waals surface area contributed by atoms with Crippen LogP contribution in [-0.2, 0) is 17.8 Å². The van der Waals surface area contributed by atoms with E-state index in [2.05, 4.69) is 37.9 Å². The highest BCUT2D eigenvalue weighted by Gasteiger charge is 2.33. The minimum atomic E-state index is -0.0841. The number of fused-ring (bicyclic) bond motifs is 3. The number of rotatable bonds is 9. The van der Waals surface area contributed by atoms with Gasteiger partial charge < -0.3 is 15.0 Å². The fourth-order valence-electron chi connectivity index (χ4n) is 3.55. The average Bonchev–Trinajstić information content (AvgIpc) is 3.05. The summed E-state index contributed by atoms with van der Waals surface area (Å²) in [4.78, 5) is 14.5. The molecule has 0 aliphatic carbocycles. The summed E-state index contributed by atoms with van der Waals surface area (Å²) < 4.78 is 6.15. The van der Waals surface area contributed by atoms with Crippen LogP contribution < -0.4 is 5.32 Å². The smallest absolute Gasteiger partial charge is 0.190 e. The number of nitrogens with zero attached hydrogens (tertiary/aromatic N) is 3. The van der Waals surface area contributed by atoms with E-state index in [-0.39, 0.29) is 5.60 Å². The van der Waals surface area contributed by atoms with Gasteiger partial charge in [0.1, 0.15) is 10.6 Å². The summed E-state index contributed by atoms with van der Waals surface area (Å²) in [5.74, 6) is 1.00. The topological polar surface area (TPSA) is 50.3 Å². The lowest BCUT2D eigenvalue weighted by atomic mass is 9.90. The molecule has 0 aromatic carbocycles. The first-order valence-corrected chi connectivity index (χ1v) is 12.0. The van der Waals surface area contributed by atoms with E-state index < -0.39 is 0 Å². The fraction of sp³-hybridized carbons (Fsp3) is 0.700. The van der Waals surface area contributed by atoms with Crippen molar-refractivity contribution in [3.8, 4) is 0 Å². The predicted octanol–water partition coefficient (Wildman–Crippen LogP) is 4.80. The first-order valence-electron chi connectivity index (χ1n) is 10.00. The van der Waals surface area contributed by atoms with Gasteiger partial charge in [0.15, 0.2) is 5.16 Å². The normalized spacial score (nSPS) is 19.6. The van der Waals surface area contributed by atoms with Crippen molar-refractivity contribution in [3.63, 3.8) is 0 Å². The number of ether oxygens (including phenoxy) is 1. The maximum absolute atomic E-state index is 6.15. The SMILES string of the molecule is CCN(CC)CCCNc1nc(SC)nc2sc3c(c12)CC(C)(CC)OC3.